The van der Waals surface area contributed by atoms with Crippen LogP contribution >= 0.6 is 0 Å². The first-order valence-electron chi connectivity index (χ1n) is 7.45. The zero-order valence-corrected chi connectivity index (χ0v) is 12.2. The van der Waals surface area contributed by atoms with E-state index in [4.69, 9.17) is 10.5 Å². The third kappa shape index (κ3) is 3.62. The first-order valence-corrected chi connectivity index (χ1v) is 7.45. The van der Waals surface area contributed by atoms with Gasteiger partial charge in [-0.05, 0) is 55.7 Å². The van der Waals surface area contributed by atoms with E-state index in [1.165, 1.54) is 0 Å². The number of ether oxygens (including phenoxy) is 1. The van der Waals surface area contributed by atoms with Crippen LogP contribution in [-0.2, 0) is 4.79 Å². The van der Waals surface area contributed by atoms with Crippen LogP contribution in [0.25, 0.3) is 0 Å². The van der Waals surface area contributed by atoms with Gasteiger partial charge in [-0.2, -0.15) is 0 Å². The highest BCUT2D eigenvalue weighted by atomic mass is 16.5. The van der Waals surface area contributed by atoms with Crippen LogP contribution in [0.2, 0.25) is 0 Å². The number of nitrogens with one attached hydrogen (secondary N) is 1. The van der Waals surface area contributed by atoms with Crippen molar-refractivity contribution < 1.29 is 9.53 Å². The molecule has 2 atom stereocenters. The van der Waals surface area contributed by atoms with Crippen molar-refractivity contribution in [3.8, 4) is 11.5 Å². The second-order valence-corrected chi connectivity index (χ2v) is 5.57. The fourth-order valence-corrected chi connectivity index (χ4v) is 2.65. The number of hydrogen-bond donors (Lipinski definition) is 2. The Morgan fingerprint density at radius 2 is 1.77 bits per heavy atom. The quantitative estimate of drug-likeness (QED) is 0.909. The minimum atomic E-state index is 0.0303. The number of anilines is 1. The Hall–Kier alpha value is -2.40. The van der Waals surface area contributed by atoms with Crippen LogP contribution in [0.15, 0.2) is 48.8 Å². The number of amides is 1. The molecule has 1 aliphatic carbocycles. The number of carbonyl (C=O) groups excluding carboxylic acids is 1. The number of rotatable bonds is 4. The third-order valence-corrected chi connectivity index (χ3v) is 3.85. The monoisotopic (exact) mass is 297 g/mol. The molecule has 2 unspecified atom stereocenters. The summed E-state index contributed by atoms with van der Waals surface area (Å²) in [7, 11) is 0. The molecule has 1 amide bonds. The molecule has 5 nitrogen and oxygen atoms in total. The molecular formula is C17H19N3O2. The smallest absolute Gasteiger partial charge is 0.227 e. The fraction of sp³-hybridized carbons (Fsp3) is 0.294. The molecule has 5 heteroatoms. The highest BCUT2D eigenvalue weighted by Gasteiger charge is 2.27. The SMILES string of the molecule is NC1CCC(C(=O)Nc2ccc(Oc3ccncc3)cc2)C1. The number of hydrogen-bond acceptors (Lipinski definition) is 4. The van der Waals surface area contributed by atoms with Gasteiger partial charge in [0.05, 0.1) is 0 Å². The molecule has 1 saturated carbocycles. The van der Waals surface area contributed by atoms with Gasteiger partial charge in [-0.3, -0.25) is 9.78 Å². The molecule has 3 rings (SSSR count). The molecule has 0 aliphatic heterocycles. The van der Waals surface area contributed by atoms with Gasteiger partial charge < -0.3 is 15.8 Å². The fourth-order valence-electron chi connectivity index (χ4n) is 2.65. The molecule has 0 saturated heterocycles. The lowest BCUT2D eigenvalue weighted by Crippen LogP contribution is -2.23. The maximum Gasteiger partial charge on any atom is 0.227 e. The van der Waals surface area contributed by atoms with Crippen molar-refractivity contribution in [2.24, 2.45) is 11.7 Å². The summed E-state index contributed by atoms with van der Waals surface area (Å²) in [5, 5.41) is 2.94. The van der Waals surface area contributed by atoms with Crippen molar-refractivity contribution >= 4 is 11.6 Å². The molecule has 0 bridgehead atoms. The second kappa shape index (κ2) is 6.58. The van der Waals surface area contributed by atoms with Crippen molar-refractivity contribution in [2.45, 2.75) is 25.3 Å². The van der Waals surface area contributed by atoms with E-state index in [9.17, 15) is 4.79 Å². The van der Waals surface area contributed by atoms with E-state index in [1.54, 1.807) is 24.5 Å². The van der Waals surface area contributed by atoms with Gasteiger partial charge in [-0.25, -0.2) is 0 Å². The lowest BCUT2D eigenvalue weighted by atomic mass is 10.1. The van der Waals surface area contributed by atoms with Gasteiger partial charge in [0.25, 0.3) is 0 Å². The Morgan fingerprint density at radius 1 is 1.09 bits per heavy atom. The second-order valence-electron chi connectivity index (χ2n) is 5.57. The molecule has 22 heavy (non-hydrogen) atoms. The molecule has 3 N–H and O–H groups in total. The number of aromatic nitrogens is 1. The summed E-state index contributed by atoms with van der Waals surface area (Å²) in [6.07, 6.45) is 5.93. The largest absolute Gasteiger partial charge is 0.457 e. The van der Waals surface area contributed by atoms with E-state index in [0.29, 0.717) is 5.75 Å². The first kappa shape index (κ1) is 14.5. The molecule has 2 aromatic rings. The molecule has 0 spiro atoms. The minimum absolute atomic E-state index is 0.0303. The van der Waals surface area contributed by atoms with Gasteiger partial charge in [-0.1, -0.05) is 0 Å². The molecule has 1 aromatic heterocycles. The molecular weight excluding hydrogens is 278 g/mol. The van der Waals surface area contributed by atoms with E-state index < -0.39 is 0 Å². The molecule has 1 aliphatic rings. The van der Waals surface area contributed by atoms with Crippen LogP contribution in [-0.4, -0.2) is 16.9 Å². The van der Waals surface area contributed by atoms with Crippen molar-refractivity contribution in [2.75, 3.05) is 5.32 Å². The summed E-state index contributed by atoms with van der Waals surface area (Å²) < 4.78 is 5.68. The topological polar surface area (TPSA) is 77.2 Å². The van der Waals surface area contributed by atoms with Gasteiger partial charge >= 0.3 is 0 Å². The Balaban J connectivity index is 1.58. The first-order chi connectivity index (χ1) is 10.7. The summed E-state index contributed by atoms with van der Waals surface area (Å²) in [6, 6.07) is 11.1. The van der Waals surface area contributed by atoms with Crippen LogP contribution in [0.3, 0.4) is 0 Å². The molecule has 1 aromatic carbocycles. The average Bonchev–Trinajstić information content (AvgIpc) is 2.97. The number of nitrogens with two attached hydrogens (primary N) is 1. The van der Waals surface area contributed by atoms with Gasteiger partial charge in [0.2, 0.25) is 5.91 Å². The lowest BCUT2D eigenvalue weighted by molar-refractivity contribution is -0.119. The third-order valence-electron chi connectivity index (χ3n) is 3.85. The predicted molar refractivity (Wildman–Crippen MR) is 84.7 cm³/mol. The van der Waals surface area contributed by atoms with E-state index in [0.717, 1.165) is 30.7 Å². The van der Waals surface area contributed by atoms with Crippen LogP contribution in [0.5, 0.6) is 11.5 Å². The zero-order valence-electron chi connectivity index (χ0n) is 12.2. The average molecular weight is 297 g/mol. The normalized spacial score (nSPS) is 20.6. The van der Waals surface area contributed by atoms with Crippen molar-refractivity contribution in [3.63, 3.8) is 0 Å². The summed E-state index contributed by atoms with van der Waals surface area (Å²) in [5.74, 6) is 1.53. The lowest BCUT2D eigenvalue weighted by Gasteiger charge is -2.11. The van der Waals surface area contributed by atoms with Gasteiger partial charge in [0, 0.05) is 30.0 Å². The maximum absolute atomic E-state index is 12.1. The Labute approximate surface area is 129 Å². The summed E-state index contributed by atoms with van der Waals surface area (Å²) in [4.78, 5) is 16.1. The predicted octanol–water partition coefficient (Wildman–Crippen LogP) is 2.94. The molecule has 1 fully saturated rings. The highest BCUT2D eigenvalue weighted by molar-refractivity contribution is 5.92. The van der Waals surface area contributed by atoms with Crippen LogP contribution in [0.1, 0.15) is 19.3 Å². The van der Waals surface area contributed by atoms with Crippen molar-refractivity contribution in [3.05, 3.63) is 48.8 Å². The molecule has 1 heterocycles. The maximum atomic E-state index is 12.1. The van der Waals surface area contributed by atoms with Crippen molar-refractivity contribution in [1.82, 2.24) is 4.98 Å². The van der Waals surface area contributed by atoms with Gasteiger partial charge in [0.1, 0.15) is 11.5 Å². The minimum Gasteiger partial charge on any atom is -0.457 e. The summed E-state index contributed by atoms with van der Waals surface area (Å²) >= 11 is 0. The standard InChI is InChI=1S/C17H19N3O2/c18-13-2-1-12(11-13)17(21)20-14-3-5-15(6-4-14)22-16-7-9-19-10-8-16/h3-10,12-13H,1-2,11,18H2,(H,20,21). The van der Waals surface area contributed by atoms with Crippen LogP contribution in [0, 0.1) is 5.92 Å². The van der Waals surface area contributed by atoms with E-state index >= 15 is 0 Å². The number of carbonyl (C=O) groups is 1. The summed E-state index contributed by atoms with van der Waals surface area (Å²) in [5.41, 5.74) is 6.62. The van der Waals surface area contributed by atoms with E-state index in [2.05, 4.69) is 10.3 Å². The summed E-state index contributed by atoms with van der Waals surface area (Å²) in [6.45, 7) is 0. The Bertz CT molecular complexity index is 628. The van der Waals surface area contributed by atoms with Crippen LogP contribution in [0.4, 0.5) is 5.69 Å². The molecule has 0 radical (unpaired) electrons. The number of benzene rings is 1. The van der Waals surface area contributed by atoms with Crippen molar-refractivity contribution in [1.29, 1.82) is 0 Å². The Morgan fingerprint density at radius 3 is 2.41 bits per heavy atom. The highest BCUT2D eigenvalue weighted by Crippen LogP contribution is 2.26. The van der Waals surface area contributed by atoms with Gasteiger partial charge in [0.15, 0.2) is 0 Å². The molecule has 114 valence electrons. The zero-order chi connectivity index (χ0) is 15.4. The number of pyridine rings is 1. The van der Waals surface area contributed by atoms with E-state index in [1.807, 2.05) is 24.3 Å². The Kier molecular flexibility index (Phi) is 4.34. The van der Waals surface area contributed by atoms with E-state index in [-0.39, 0.29) is 17.9 Å². The van der Waals surface area contributed by atoms with Gasteiger partial charge in [-0.15, -0.1) is 0 Å². The van der Waals surface area contributed by atoms with Crippen LogP contribution < -0.4 is 15.8 Å². The number of nitrogens with zero attached hydrogens (tertiary/aromatic N) is 1.